The molecule has 144 valence electrons. The van der Waals surface area contributed by atoms with E-state index in [2.05, 4.69) is 25.4 Å². The third kappa shape index (κ3) is 2.83. The van der Waals surface area contributed by atoms with Gasteiger partial charge >= 0.3 is 0 Å². The summed E-state index contributed by atoms with van der Waals surface area (Å²) >= 11 is 6.30. The van der Waals surface area contributed by atoms with Crippen LogP contribution in [-0.2, 0) is 0 Å². The predicted molar refractivity (Wildman–Crippen MR) is 110 cm³/mol. The molecule has 1 atom stereocenters. The van der Waals surface area contributed by atoms with Gasteiger partial charge in [-0.2, -0.15) is 5.10 Å². The van der Waals surface area contributed by atoms with E-state index in [1.807, 2.05) is 13.0 Å². The Morgan fingerprint density at radius 2 is 2.10 bits per heavy atom. The van der Waals surface area contributed by atoms with E-state index in [0.717, 1.165) is 0 Å². The van der Waals surface area contributed by atoms with Gasteiger partial charge in [0.15, 0.2) is 11.5 Å². The number of anilines is 1. The fourth-order valence-corrected chi connectivity index (χ4v) is 3.57. The first-order valence-electron chi connectivity index (χ1n) is 8.89. The Balaban J connectivity index is 1.70. The van der Waals surface area contributed by atoms with Crippen LogP contribution < -0.4 is 10.9 Å². The summed E-state index contributed by atoms with van der Waals surface area (Å²) in [6.45, 7) is 1.90. The van der Waals surface area contributed by atoms with E-state index >= 15 is 0 Å². The number of imidazole rings is 1. The van der Waals surface area contributed by atoms with Gasteiger partial charge in [0.2, 0.25) is 0 Å². The highest BCUT2D eigenvalue weighted by atomic mass is 35.5. The number of aromatic amines is 1. The molecular weight excluding hydrogens is 392 g/mol. The number of nitrogens with one attached hydrogen (secondary N) is 2. The number of halogens is 1. The van der Waals surface area contributed by atoms with Crippen LogP contribution in [0.5, 0.6) is 0 Å². The first kappa shape index (κ1) is 17.4. The average Bonchev–Trinajstić information content (AvgIpc) is 3.40. The van der Waals surface area contributed by atoms with Gasteiger partial charge in [0.1, 0.15) is 18.0 Å². The number of benzene rings is 1. The summed E-state index contributed by atoms with van der Waals surface area (Å²) in [5.41, 5.74) is 0.861. The van der Waals surface area contributed by atoms with Crippen LogP contribution in [0.4, 0.5) is 5.82 Å². The molecule has 0 radical (unpaired) electrons. The van der Waals surface area contributed by atoms with Crippen LogP contribution in [0.3, 0.4) is 0 Å². The van der Waals surface area contributed by atoms with Gasteiger partial charge in [0.05, 0.1) is 22.0 Å². The Labute approximate surface area is 169 Å². The smallest absolute Gasteiger partial charge is 0.268 e. The van der Waals surface area contributed by atoms with Crippen molar-refractivity contribution in [2.45, 2.75) is 13.0 Å². The quantitative estimate of drug-likeness (QED) is 0.475. The highest BCUT2D eigenvalue weighted by Gasteiger charge is 2.21. The van der Waals surface area contributed by atoms with Crippen molar-refractivity contribution < 1.29 is 0 Å². The van der Waals surface area contributed by atoms with Crippen molar-refractivity contribution >= 4 is 34.0 Å². The van der Waals surface area contributed by atoms with E-state index in [4.69, 9.17) is 16.6 Å². The predicted octanol–water partition coefficient (Wildman–Crippen LogP) is 2.98. The molecule has 4 heterocycles. The molecule has 5 rings (SSSR count). The minimum Gasteiger partial charge on any atom is -0.357 e. The van der Waals surface area contributed by atoms with E-state index in [0.29, 0.717) is 39.0 Å². The van der Waals surface area contributed by atoms with Crippen molar-refractivity contribution in [3.63, 3.8) is 0 Å². The molecule has 0 aliphatic heterocycles. The van der Waals surface area contributed by atoms with Gasteiger partial charge in [-0.25, -0.2) is 24.0 Å². The zero-order valence-electron chi connectivity index (χ0n) is 15.2. The monoisotopic (exact) mass is 406 g/mol. The highest BCUT2D eigenvalue weighted by molar-refractivity contribution is 6.35. The third-order valence-electron chi connectivity index (χ3n) is 4.63. The number of hydrogen-bond acceptors (Lipinski definition) is 6. The van der Waals surface area contributed by atoms with E-state index in [1.54, 1.807) is 47.4 Å². The second-order valence-electron chi connectivity index (χ2n) is 6.47. The topological polar surface area (TPSA) is 106 Å². The Hall–Kier alpha value is -3.72. The summed E-state index contributed by atoms with van der Waals surface area (Å²) in [4.78, 5) is 29.7. The molecule has 0 amide bonds. The molecular formula is C19H15ClN8O. The summed E-state index contributed by atoms with van der Waals surface area (Å²) in [7, 11) is 0. The molecule has 0 saturated heterocycles. The van der Waals surface area contributed by atoms with Crippen LogP contribution in [0.2, 0.25) is 5.02 Å². The third-order valence-corrected chi connectivity index (χ3v) is 4.95. The molecule has 10 heteroatoms. The Bertz CT molecular complexity index is 1390. The van der Waals surface area contributed by atoms with Crippen molar-refractivity contribution in [3.05, 3.63) is 76.5 Å². The second-order valence-corrected chi connectivity index (χ2v) is 6.88. The standard InChI is InChI=1S/C19H15ClN8O/c1-11(25-16-18-22-8-9-27(18)24-10-23-16)17-26-13-5-2-4-12(20)15(13)19(29)28(17)14-6-3-7-21-14/h2-11,21H,1H3,(H,23,24,25)/t11-/m0/s1. The van der Waals surface area contributed by atoms with Crippen molar-refractivity contribution in [1.82, 2.24) is 34.1 Å². The molecule has 0 aliphatic rings. The first-order chi connectivity index (χ1) is 14.1. The van der Waals surface area contributed by atoms with Gasteiger partial charge in [-0.05, 0) is 31.2 Å². The first-order valence-corrected chi connectivity index (χ1v) is 9.27. The lowest BCUT2D eigenvalue weighted by molar-refractivity contribution is 0.722. The highest BCUT2D eigenvalue weighted by Crippen LogP contribution is 2.24. The summed E-state index contributed by atoms with van der Waals surface area (Å²) in [5.74, 6) is 1.65. The fraction of sp³-hybridized carbons (Fsp3) is 0.105. The summed E-state index contributed by atoms with van der Waals surface area (Å²) in [6, 6.07) is 8.48. The molecule has 0 unspecified atom stereocenters. The second kappa shape index (κ2) is 6.71. The number of hydrogen-bond donors (Lipinski definition) is 2. The molecule has 0 spiro atoms. The van der Waals surface area contributed by atoms with Crippen LogP contribution in [0.15, 0.2) is 60.0 Å². The molecule has 5 aromatic rings. The largest absolute Gasteiger partial charge is 0.357 e. The Kier molecular flexibility index (Phi) is 4.02. The minimum atomic E-state index is -0.371. The van der Waals surface area contributed by atoms with E-state index < -0.39 is 0 Å². The van der Waals surface area contributed by atoms with Crippen molar-refractivity contribution in [2.24, 2.45) is 0 Å². The van der Waals surface area contributed by atoms with Crippen LogP contribution in [0.25, 0.3) is 22.4 Å². The van der Waals surface area contributed by atoms with Gasteiger partial charge in [-0.15, -0.1) is 0 Å². The van der Waals surface area contributed by atoms with Gasteiger partial charge in [0, 0.05) is 18.6 Å². The fourth-order valence-electron chi connectivity index (χ4n) is 3.32. The molecule has 4 aromatic heterocycles. The summed E-state index contributed by atoms with van der Waals surface area (Å²) in [5, 5.41) is 8.15. The lowest BCUT2D eigenvalue weighted by Gasteiger charge is -2.19. The molecule has 0 fully saturated rings. The van der Waals surface area contributed by atoms with Gasteiger partial charge in [0.25, 0.3) is 5.56 Å². The molecule has 0 saturated carbocycles. The normalized spacial score (nSPS) is 12.5. The molecule has 0 bridgehead atoms. The molecule has 29 heavy (non-hydrogen) atoms. The number of fused-ring (bicyclic) bond motifs is 2. The molecule has 2 N–H and O–H groups in total. The lowest BCUT2D eigenvalue weighted by atomic mass is 10.2. The zero-order valence-corrected chi connectivity index (χ0v) is 16.0. The average molecular weight is 407 g/mol. The van der Waals surface area contributed by atoms with Crippen molar-refractivity contribution in [3.8, 4) is 5.82 Å². The van der Waals surface area contributed by atoms with E-state index in [-0.39, 0.29) is 11.6 Å². The van der Waals surface area contributed by atoms with Gasteiger partial charge in [-0.1, -0.05) is 17.7 Å². The SMILES string of the molecule is C[C@H](Nc1ncnn2ccnc12)c1nc2cccc(Cl)c2c(=O)n1-c1ccc[nH]1. The van der Waals surface area contributed by atoms with Crippen molar-refractivity contribution in [2.75, 3.05) is 5.32 Å². The number of aromatic nitrogens is 7. The van der Waals surface area contributed by atoms with Crippen LogP contribution >= 0.6 is 11.6 Å². The molecule has 9 nitrogen and oxygen atoms in total. The summed E-state index contributed by atoms with van der Waals surface area (Å²) in [6.07, 6.45) is 6.57. The zero-order chi connectivity index (χ0) is 20.0. The van der Waals surface area contributed by atoms with E-state index in [9.17, 15) is 4.79 Å². The maximum atomic E-state index is 13.3. The number of H-pyrrole nitrogens is 1. The van der Waals surface area contributed by atoms with Crippen LogP contribution in [0.1, 0.15) is 18.8 Å². The van der Waals surface area contributed by atoms with Crippen LogP contribution in [-0.4, -0.2) is 34.1 Å². The van der Waals surface area contributed by atoms with Crippen LogP contribution in [0, 0.1) is 0 Å². The van der Waals surface area contributed by atoms with Gasteiger partial charge in [-0.3, -0.25) is 4.79 Å². The molecule has 0 aliphatic carbocycles. The van der Waals surface area contributed by atoms with Crippen molar-refractivity contribution in [1.29, 1.82) is 0 Å². The molecule has 1 aromatic carbocycles. The number of rotatable bonds is 4. The lowest BCUT2D eigenvalue weighted by Crippen LogP contribution is -2.28. The van der Waals surface area contributed by atoms with E-state index in [1.165, 1.54) is 10.9 Å². The maximum Gasteiger partial charge on any atom is 0.268 e. The van der Waals surface area contributed by atoms with Gasteiger partial charge < -0.3 is 10.3 Å². The minimum absolute atomic E-state index is 0.250. The number of nitrogens with zero attached hydrogens (tertiary/aromatic N) is 6. The summed E-state index contributed by atoms with van der Waals surface area (Å²) < 4.78 is 3.14. The Morgan fingerprint density at radius 3 is 2.93 bits per heavy atom. The Morgan fingerprint density at radius 1 is 1.21 bits per heavy atom. The maximum absolute atomic E-state index is 13.3.